The number of aryl methyl sites for hydroxylation is 1. The summed E-state index contributed by atoms with van der Waals surface area (Å²) < 4.78 is 5.14. The van der Waals surface area contributed by atoms with Crippen LogP contribution in [0.3, 0.4) is 0 Å². The summed E-state index contributed by atoms with van der Waals surface area (Å²) in [6.07, 6.45) is 1.88. The molecule has 0 unspecified atom stereocenters. The number of carbonyl (C=O) groups is 2. The zero-order chi connectivity index (χ0) is 21.8. The number of fused-ring (bicyclic) bond motifs is 1. The molecule has 1 aliphatic heterocycles. The maximum atomic E-state index is 12.6. The van der Waals surface area contributed by atoms with Crippen molar-refractivity contribution in [1.82, 2.24) is 5.32 Å². The number of carbonyl (C=O) groups excluding carboxylic acids is 2. The van der Waals surface area contributed by atoms with E-state index in [0.29, 0.717) is 22.7 Å². The standard InChI is InChI=1S/C25H22N2O3S/c1-16-4-3-5-18(12-16)13-23-25(29)27-21-14-19(8-11-22(21)31-23)24(28)26-15-17-6-9-20(30-2)10-7-17/h3-14H,15H2,1-2H3,(H,26,28)(H,27,29). The van der Waals surface area contributed by atoms with Gasteiger partial charge in [-0.25, -0.2) is 0 Å². The summed E-state index contributed by atoms with van der Waals surface area (Å²) in [6.45, 7) is 2.43. The highest BCUT2D eigenvalue weighted by molar-refractivity contribution is 8.04. The van der Waals surface area contributed by atoms with Gasteiger partial charge in [-0.15, -0.1) is 0 Å². The number of nitrogens with one attached hydrogen (secondary N) is 2. The van der Waals surface area contributed by atoms with Gasteiger partial charge in [0.2, 0.25) is 0 Å². The molecule has 2 amide bonds. The second-order valence-corrected chi connectivity index (χ2v) is 8.30. The number of hydrogen-bond acceptors (Lipinski definition) is 4. The third-order valence-electron chi connectivity index (χ3n) is 4.89. The van der Waals surface area contributed by atoms with Crippen LogP contribution in [0, 0.1) is 6.92 Å². The Balaban J connectivity index is 1.46. The largest absolute Gasteiger partial charge is 0.497 e. The van der Waals surface area contributed by atoms with Crippen LogP contribution in [-0.4, -0.2) is 18.9 Å². The van der Waals surface area contributed by atoms with Gasteiger partial charge in [0.05, 0.1) is 17.7 Å². The first-order chi connectivity index (χ1) is 15.0. The molecule has 4 rings (SSSR count). The summed E-state index contributed by atoms with van der Waals surface area (Å²) in [7, 11) is 1.62. The predicted octanol–water partition coefficient (Wildman–Crippen LogP) is 5.02. The Bertz CT molecular complexity index is 1170. The quantitative estimate of drug-likeness (QED) is 0.558. The first-order valence-electron chi connectivity index (χ1n) is 9.84. The van der Waals surface area contributed by atoms with Gasteiger partial charge < -0.3 is 15.4 Å². The lowest BCUT2D eigenvalue weighted by molar-refractivity contribution is -0.112. The predicted molar refractivity (Wildman–Crippen MR) is 124 cm³/mol. The number of benzene rings is 3. The van der Waals surface area contributed by atoms with Crippen LogP contribution in [0.5, 0.6) is 5.75 Å². The van der Waals surface area contributed by atoms with E-state index in [1.807, 2.05) is 67.6 Å². The van der Waals surface area contributed by atoms with Gasteiger partial charge in [0.1, 0.15) is 5.75 Å². The molecular weight excluding hydrogens is 408 g/mol. The van der Waals surface area contributed by atoms with Crippen LogP contribution in [0.25, 0.3) is 6.08 Å². The van der Waals surface area contributed by atoms with Gasteiger partial charge in [-0.1, -0.05) is 53.7 Å². The molecule has 0 saturated carbocycles. The second-order valence-electron chi connectivity index (χ2n) is 7.22. The van der Waals surface area contributed by atoms with Crippen molar-refractivity contribution in [1.29, 1.82) is 0 Å². The van der Waals surface area contributed by atoms with Crippen LogP contribution in [0.1, 0.15) is 27.0 Å². The summed E-state index contributed by atoms with van der Waals surface area (Å²) in [5.74, 6) is 0.405. The van der Waals surface area contributed by atoms with Crippen molar-refractivity contribution < 1.29 is 14.3 Å². The zero-order valence-corrected chi connectivity index (χ0v) is 18.1. The molecule has 0 radical (unpaired) electrons. The molecule has 0 atom stereocenters. The summed E-state index contributed by atoms with van der Waals surface area (Å²) in [4.78, 5) is 26.7. The summed E-state index contributed by atoms with van der Waals surface area (Å²) in [6, 6.07) is 20.9. The van der Waals surface area contributed by atoms with Crippen LogP contribution in [-0.2, 0) is 11.3 Å². The maximum absolute atomic E-state index is 12.6. The average Bonchev–Trinajstić information content (AvgIpc) is 2.78. The number of thioether (sulfide) groups is 1. The fraction of sp³-hybridized carbons (Fsp3) is 0.120. The SMILES string of the molecule is COc1ccc(CNC(=O)c2ccc3c(c2)NC(=O)C(=Cc2cccc(C)c2)S3)cc1. The van der Waals surface area contributed by atoms with E-state index in [4.69, 9.17) is 4.74 Å². The highest BCUT2D eigenvalue weighted by atomic mass is 32.2. The van der Waals surface area contributed by atoms with Crippen LogP contribution in [0.15, 0.2) is 76.5 Å². The molecule has 2 N–H and O–H groups in total. The molecule has 0 saturated heterocycles. The van der Waals surface area contributed by atoms with Crippen molar-refractivity contribution in [2.24, 2.45) is 0 Å². The molecule has 0 bridgehead atoms. The molecule has 3 aromatic carbocycles. The van der Waals surface area contributed by atoms with Crippen LogP contribution in [0.4, 0.5) is 5.69 Å². The van der Waals surface area contributed by atoms with E-state index in [0.717, 1.165) is 27.3 Å². The molecule has 5 nitrogen and oxygen atoms in total. The Kier molecular flexibility index (Phi) is 6.09. The number of amides is 2. The van der Waals surface area contributed by atoms with Crippen molar-refractivity contribution in [3.63, 3.8) is 0 Å². The van der Waals surface area contributed by atoms with Crippen LogP contribution >= 0.6 is 11.8 Å². The molecule has 0 spiro atoms. The Morgan fingerprint density at radius 3 is 2.65 bits per heavy atom. The summed E-state index contributed by atoms with van der Waals surface area (Å²) >= 11 is 1.41. The fourth-order valence-electron chi connectivity index (χ4n) is 3.24. The van der Waals surface area contributed by atoms with Crippen molar-refractivity contribution in [2.75, 3.05) is 12.4 Å². The smallest absolute Gasteiger partial charge is 0.262 e. The number of ether oxygens (including phenoxy) is 1. The summed E-state index contributed by atoms with van der Waals surface area (Å²) in [5.41, 5.74) is 4.24. The first-order valence-corrected chi connectivity index (χ1v) is 10.7. The molecule has 3 aromatic rings. The average molecular weight is 431 g/mol. The van der Waals surface area contributed by atoms with E-state index >= 15 is 0 Å². The maximum Gasteiger partial charge on any atom is 0.262 e. The third kappa shape index (κ3) is 4.98. The Morgan fingerprint density at radius 1 is 1.10 bits per heavy atom. The number of hydrogen-bond donors (Lipinski definition) is 2. The molecule has 31 heavy (non-hydrogen) atoms. The number of rotatable bonds is 5. The third-order valence-corrected chi connectivity index (χ3v) is 5.98. The number of anilines is 1. The van der Waals surface area contributed by atoms with E-state index in [2.05, 4.69) is 10.6 Å². The van der Waals surface area contributed by atoms with E-state index in [-0.39, 0.29) is 11.8 Å². The lowest BCUT2D eigenvalue weighted by Crippen LogP contribution is -2.23. The Labute approximate surface area is 185 Å². The Morgan fingerprint density at radius 2 is 1.90 bits per heavy atom. The van der Waals surface area contributed by atoms with E-state index in [1.165, 1.54) is 11.8 Å². The van der Waals surface area contributed by atoms with Gasteiger partial charge >= 0.3 is 0 Å². The molecular formula is C25H22N2O3S. The molecule has 0 aliphatic carbocycles. The highest BCUT2D eigenvalue weighted by Gasteiger charge is 2.22. The lowest BCUT2D eigenvalue weighted by atomic mass is 10.1. The van der Waals surface area contributed by atoms with Crippen molar-refractivity contribution in [2.45, 2.75) is 18.4 Å². The minimum Gasteiger partial charge on any atom is -0.497 e. The number of methoxy groups -OCH3 is 1. The topological polar surface area (TPSA) is 67.4 Å². The van der Waals surface area contributed by atoms with Gasteiger partial charge in [0, 0.05) is 17.0 Å². The monoisotopic (exact) mass is 430 g/mol. The first kappa shape index (κ1) is 20.8. The normalized spacial score (nSPS) is 14.0. The molecule has 0 aromatic heterocycles. The van der Waals surface area contributed by atoms with Gasteiger partial charge in [-0.3, -0.25) is 9.59 Å². The zero-order valence-electron chi connectivity index (χ0n) is 17.3. The molecule has 6 heteroatoms. The minimum atomic E-state index is -0.195. The molecule has 156 valence electrons. The minimum absolute atomic E-state index is 0.171. The molecule has 1 aliphatic rings. The van der Waals surface area contributed by atoms with Gasteiger partial charge in [0.25, 0.3) is 11.8 Å². The van der Waals surface area contributed by atoms with Crippen LogP contribution in [0.2, 0.25) is 0 Å². The lowest BCUT2D eigenvalue weighted by Gasteiger charge is -2.19. The Hall–Kier alpha value is -3.51. The van der Waals surface area contributed by atoms with E-state index in [1.54, 1.807) is 19.2 Å². The van der Waals surface area contributed by atoms with Gasteiger partial charge in [0.15, 0.2) is 0 Å². The van der Waals surface area contributed by atoms with Crippen molar-refractivity contribution >= 4 is 35.3 Å². The second kappa shape index (κ2) is 9.10. The van der Waals surface area contributed by atoms with Crippen molar-refractivity contribution in [3.8, 4) is 5.75 Å². The van der Waals surface area contributed by atoms with E-state index < -0.39 is 0 Å². The van der Waals surface area contributed by atoms with Crippen molar-refractivity contribution in [3.05, 3.63) is 93.9 Å². The van der Waals surface area contributed by atoms with Gasteiger partial charge in [-0.2, -0.15) is 0 Å². The molecule has 1 heterocycles. The summed E-state index contributed by atoms with van der Waals surface area (Å²) in [5, 5.41) is 5.81. The van der Waals surface area contributed by atoms with Gasteiger partial charge in [-0.05, 0) is 54.5 Å². The van der Waals surface area contributed by atoms with Crippen LogP contribution < -0.4 is 15.4 Å². The van der Waals surface area contributed by atoms with E-state index in [9.17, 15) is 9.59 Å². The fourth-order valence-corrected chi connectivity index (χ4v) is 4.17. The highest BCUT2D eigenvalue weighted by Crippen LogP contribution is 2.39. The molecule has 0 fully saturated rings.